The van der Waals surface area contributed by atoms with Crippen molar-refractivity contribution in [3.63, 3.8) is 0 Å². The van der Waals surface area contributed by atoms with Gasteiger partial charge in [0.2, 0.25) is 0 Å². The molecule has 2 aromatic carbocycles. The predicted octanol–water partition coefficient (Wildman–Crippen LogP) is 6.82. The lowest BCUT2D eigenvalue weighted by Crippen LogP contribution is -2.44. The number of amides is 1. The molecule has 0 aliphatic carbocycles. The van der Waals surface area contributed by atoms with Crippen LogP contribution >= 0.6 is 11.6 Å². The molecule has 0 bridgehead atoms. The first-order chi connectivity index (χ1) is 19.8. The molecule has 0 saturated carbocycles. The van der Waals surface area contributed by atoms with Crippen molar-refractivity contribution in [2.24, 2.45) is 16.3 Å². The van der Waals surface area contributed by atoms with Gasteiger partial charge in [0.05, 0.1) is 19.4 Å². The molecule has 7 heteroatoms. The van der Waals surface area contributed by atoms with Crippen LogP contribution in [0.25, 0.3) is 0 Å². The molecule has 1 saturated heterocycles. The zero-order valence-corrected chi connectivity index (χ0v) is 25.4. The number of likely N-dealkylation sites (tertiary alicyclic amines) is 1. The van der Waals surface area contributed by atoms with E-state index in [4.69, 9.17) is 21.3 Å². The summed E-state index contributed by atoms with van der Waals surface area (Å²) in [5.41, 5.74) is 1.43. The monoisotopic (exact) mass is 576 g/mol. The van der Waals surface area contributed by atoms with Gasteiger partial charge in [-0.25, -0.2) is 4.58 Å². The van der Waals surface area contributed by atoms with Crippen molar-refractivity contribution in [3.05, 3.63) is 77.3 Å². The van der Waals surface area contributed by atoms with Gasteiger partial charge in [-0.3, -0.25) is 9.59 Å². The number of carbonyl (C=O) groups excluding carboxylic acids is 2. The van der Waals surface area contributed by atoms with E-state index in [1.807, 2.05) is 64.9 Å². The predicted molar refractivity (Wildman–Crippen MR) is 167 cm³/mol. The van der Waals surface area contributed by atoms with Crippen LogP contribution in [-0.2, 0) is 4.79 Å². The van der Waals surface area contributed by atoms with Crippen LogP contribution in [-0.4, -0.2) is 66.0 Å². The topological polar surface area (TPSA) is 62.0 Å². The molecule has 3 unspecified atom stereocenters. The summed E-state index contributed by atoms with van der Waals surface area (Å²) >= 11 is 6.27. The summed E-state index contributed by atoms with van der Waals surface area (Å²) in [6.45, 7) is 13.2. The van der Waals surface area contributed by atoms with Crippen LogP contribution in [0.15, 0.2) is 66.2 Å². The maximum absolute atomic E-state index is 14.1. The number of likely N-dealkylation sites (N-methyl/N-ethyl adjacent to an activating group) is 1. The van der Waals surface area contributed by atoms with Crippen LogP contribution < -0.4 is 4.74 Å². The zero-order chi connectivity index (χ0) is 29.4. The lowest BCUT2D eigenvalue weighted by Gasteiger charge is -2.37. The van der Waals surface area contributed by atoms with E-state index in [1.54, 1.807) is 0 Å². The maximum Gasteiger partial charge on any atom is 0.361 e. The average Bonchev–Trinajstić information content (AvgIpc) is 3.20. The fourth-order valence-corrected chi connectivity index (χ4v) is 5.89. The number of carbonyl (C=O) groups is 2. The summed E-state index contributed by atoms with van der Waals surface area (Å²) in [6.07, 6.45) is 7.88. The van der Waals surface area contributed by atoms with E-state index in [-0.39, 0.29) is 28.9 Å². The van der Waals surface area contributed by atoms with Crippen molar-refractivity contribution in [2.45, 2.75) is 58.8 Å². The Kier molecular flexibility index (Phi) is 10.5. The van der Waals surface area contributed by atoms with E-state index in [0.29, 0.717) is 61.4 Å². The number of Topliss-reactive ketones (excluding diaryl/α,β-unsaturated/α-hetero) is 1. The second-order valence-corrected chi connectivity index (χ2v) is 11.9. The molecule has 1 fully saturated rings. The van der Waals surface area contributed by atoms with Crippen molar-refractivity contribution in [1.29, 1.82) is 0 Å². The third-order valence-electron chi connectivity index (χ3n) is 8.24. The van der Waals surface area contributed by atoms with Gasteiger partial charge in [-0.2, -0.15) is 0 Å². The Labute approximate surface area is 249 Å². The molecule has 3 atom stereocenters. The summed E-state index contributed by atoms with van der Waals surface area (Å²) in [6, 6.07) is 15.3. The van der Waals surface area contributed by atoms with Crippen LogP contribution in [0.1, 0.15) is 74.7 Å². The van der Waals surface area contributed by atoms with Gasteiger partial charge in [0.1, 0.15) is 12.3 Å². The molecule has 218 valence electrons. The SMILES string of the molecule is C=CC1(C)CCC(C(=O)C2=NCCC(c3cccc(Cl)c3)C=[N+]2CC)CCN(C(=O)c2cccc(OCCC)c2)C1. The molecule has 4 rings (SSSR count). The van der Waals surface area contributed by atoms with Gasteiger partial charge < -0.3 is 9.64 Å². The number of aliphatic imine (C=N–C) groups is 1. The Morgan fingerprint density at radius 1 is 1.17 bits per heavy atom. The largest absolute Gasteiger partial charge is 0.494 e. The standard InChI is InChI=1S/C34H43ClN3O3/c1-5-20-41-30-13-9-11-27(22-30)33(40)38-19-16-25(14-17-34(4,6-2)24-38)31(39)32-36-18-15-28(23-37(32)7-3)26-10-8-12-29(35)21-26/h6,8-13,21-23,25,28H,2,5,7,14-20,24H2,1,3-4H3/q+1. The Morgan fingerprint density at radius 2 is 1.98 bits per heavy atom. The molecule has 41 heavy (non-hydrogen) atoms. The summed E-state index contributed by atoms with van der Waals surface area (Å²) in [5, 5.41) is 0.708. The minimum absolute atomic E-state index is 0.0483. The quantitative estimate of drug-likeness (QED) is 0.243. The molecular formula is C34H43ClN3O3+. The number of hydrogen-bond donors (Lipinski definition) is 0. The Hall–Kier alpha value is -3.25. The van der Waals surface area contributed by atoms with Crippen LogP contribution in [0.4, 0.5) is 0 Å². The maximum atomic E-state index is 14.1. The van der Waals surface area contributed by atoms with Crippen LogP contribution in [0.5, 0.6) is 5.75 Å². The molecule has 0 radical (unpaired) electrons. The second-order valence-electron chi connectivity index (χ2n) is 11.4. The lowest BCUT2D eigenvalue weighted by atomic mass is 9.78. The highest BCUT2D eigenvalue weighted by Gasteiger charge is 2.38. The van der Waals surface area contributed by atoms with E-state index in [0.717, 1.165) is 31.2 Å². The number of hydrogen-bond acceptors (Lipinski definition) is 4. The number of halogens is 1. The minimum atomic E-state index is -0.301. The third kappa shape index (κ3) is 7.73. The van der Waals surface area contributed by atoms with E-state index >= 15 is 0 Å². The van der Waals surface area contributed by atoms with Gasteiger partial charge in [-0.15, -0.1) is 6.58 Å². The molecule has 1 amide bonds. The molecular weight excluding hydrogens is 534 g/mol. The molecule has 0 N–H and O–H groups in total. The van der Waals surface area contributed by atoms with Gasteiger partial charge >= 0.3 is 5.84 Å². The highest BCUT2D eigenvalue weighted by atomic mass is 35.5. The Bertz CT molecular complexity index is 1320. The molecule has 2 aromatic rings. The number of ketones is 1. The van der Waals surface area contributed by atoms with E-state index in [9.17, 15) is 9.59 Å². The van der Waals surface area contributed by atoms with Gasteiger partial charge in [-0.05, 0) is 68.5 Å². The number of amidine groups is 1. The Balaban J connectivity index is 1.55. The summed E-state index contributed by atoms with van der Waals surface area (Å²) < 4.78 is 7.78. The highest BCUT2D eigenvalue weighted by Crippen LogP contribution is 2.33. The zero-order valence-electron chi connectivity index (χ0n) is 24.7. The fourth-order valence-electron chi connectivity index (χ4n) is 5.69. The van der Waals surface area contributed by atoms with Gasteiger partial charge in [-0.1, -0.05) is 54.7 Å². The molecule has 0 spiro atoms. The van der Waals surface area contributed by atoms with Gasteiger partial charge in [0.25, 0.3) is 11.7 Å². The molecule has 2 aliphatic heterocycles. The number of rotatable bonds is 9. The first-order valence-corrected chi connectivity index (χ1v) is 15.3. The van der Waals surface area contributed by atoms with E-state index in [1.165, 1.54) is 0 Å². The Morgan fingerprint density at radius 3 is 2.71 bits per heavy atom. The minimum Gasteiger partial charge on any atom is -0.494 e. The van der Waals surface area contributed by atoms with Crippen LogP contribution in [0, 0.1) is 11.3 Å². The highest BCUT2D eigenvalue weighted by molar-refractivity contribution is 6.36. The van der Waals surface area contributed by atoms with Crippen molar-refractivity contribution >= 4 is 35.3 Å². The summed E-state index contributed by atoms with van der Waals surface area (Å²) in [7, 11) is 0. The molecule has 2 heterocycles. The second kappa shape index (κ2) is 14.1. The fraction of sp³-hybridized carbons (Fsp3) is 0.471. The van der Waals surface area contributed by atoms with Gasteiger partial charge in [0.15, 0.2) is 0 Å². The third-order valence-corrected chi connectivity index (χ3v) is 8.47. The van der Waals surface area contributed by atoms with E-state index < -0.39 is 0 Å². The first-order valence-electron chi connectivity index (χ1n) is 14.9. The van der Waals surface area contributed by atoms with Crippen molar-refractivity contribution in [1.82, 2.24) is 4.90 Å². The summed E-state index contributed by atoms with van der Waals surface area (Å²) in [4.78, 5) is 34.5. The smallest absolute Gasteiger partial charge is 0.361 e. The molecule has 6 nitrogen and oxygen atoms in total. The number of benzene rings is 2. The molecule has 2 aliphatic rings. The van der Waals surface area contributed by atoms with Crippen molar-refractivity contribution in [2.75, 3.05) is 32.8 Å². The first kappa shape index (κ1) is 30.7. The average molecular weight is 577 g/mol. The lowest BCUT2D eigenvalue weighted by molar-refractivity contribution is -0.398. The van der Waals surface area contributed by atoms with Crippen LogP contribution in [0.3, 0.4) is 0 Å². The summed E-state index contributed by atoms with van der Waals surface area (Å²) in [5.74, 6) is 1.14. The van der Waals surface area contributed by atoms with Crippen molar-refractivity contribution in [3.8, 4) is 5.75 Å². The van der Waals surface area contributed by atoms with Crippen molar-refractivity contribution < 1.29 is 18.9 Å². The molecule has 0 aromatic heterocycles. The normalized spacial score (nSPS) is 23.4. The van der Waals surface area contributed by atoms with Crippen LogP contribution in [0.2, 0.25) is 5.02 Å². The van der Waals surface area contributed by atoms with Gasteiger partial charge in [0, 0.05) is 47.3 Å². The number of ether oxygens (including phenoxy) is 1. The van der Waals surface area contributed by atoms with E-state index in [2.05, 4.69) is 32.7 Å². The number of nitrogens with zero attached hydrogens (tertiary/aromatic N) is 3.